The molecule has 0 aliphatic carbocycles. The van der Waals surface area contributed by atoms with Crippen LogP contribution in [0.3, 0.4) is 0 Å². The number of fused-ring (bicyclic) bond motifs is 1. The molecule has 0 saturated heterocycles. The Morgan fingerprint density at radius 2 is 1.78 bits per heavy atom. The number of nitrogens with one attached hydrogen (secondary N) is 1. The Morgan fingerprint density at radius 1 is 1.06 bits per heavy atom. The highest BCUT2D eigenvalue weighted by Gasteiger charge is 2.18. The number of carbonyl (C=O) groups is 1. The molecule has 2 N–H and O–H groups in total. The van der Waals surface area contributed by atoms with Crippen LogP contribution in [0.2, 0.25) is 0 Å². The molecule has 1 atom stereocenters. The number of aromatic nitrogens is 2. The van der Waals surface area contributed by atoms with Crippen molar-refractivity contribution in [2.45, 2.75) is 19.9 Å². The van der Waals surface area contributed by atoms with Crippen LogP contribution in [0.5, 0.6) is 0 Å². The third-order valence-corrected chi connectivity index (χ3v) is 6.17. The maximum atomic E-state index is 13.1. The van der Waals surface area contributed by atoms with Gasteiger partial charge in [-0.25, -0.2) is 9.78 Å². The van der Waals surface area contributed by atoms with Crippen LogP contribution in [0.15, 0.2) is 88.5 Å². The van der Waals surface area contributed by atoms with Gasteiger partial charge in [0, 0.05) is 41.7 Å². The fourth-order valence-corrected chi connectivity index (χ4v) is 4.37. The lowest BCUT2D eigenvalue weighted by Crippen LogP contribution is -2.12. The van der Waals surface area contributed by atoms with Gasteiger partial charge in [0.1, 0.15) is 11.3 Å². The molecule has 5 aromatic rings. The summed E-state index contributed by atoms with van der Waals surface area (Å²) in [5, 5.41) is 13.3. The summed E-state index contributed by atoms with van der Waals surface area (Å²) in [6.45, 7) is 3.84. The van der Waals surface area contributed by atoms with Crippen molar-refractivity contribution in [2.75, 3.05) is 5.32 Å². The Bertz CT molecular complexity index is 1650. The van der Waals surface area contributed by atoms with E-state index in [0.717, 1.165) is 27.9 Å². The number of carboxylic acid groups (broad SMARTS) is 1. The van der Waals surface area contributed by atoms with E-state index in [1.165, 1.54) is 6.07 Å². The van der Waals surface area contributed by atoms with Gasteiger partial charge in [0.2, 0.25) is 0 Å². The van der Waals surface area contributed by atoms with Crippen molar-refractivity contribution in [1.29, 1.82) is 0 Å². The SMILES string of the molecule is Cc1cc(C(C)Nc2ccccc2C(=O)O)c2oc(-c3ccc(-c4cn(C)cn4)cc3)cc(=O)c2c1. The van der Waals surface area contributed by atoms with E-state index in [1.807, 2.05) is 68.1 Å². The van der Waals surface area contributed by atoms with Crippen LogP contribution in [0.4, 0.5) is 5.69 Å². The average molecular weight is 480 g/mol. The molecule has 7 nitrogen and oxygen atoms in total. The molecule has 2 aromatic heterocycles. The highest BCUT2D eigenvalue weighted by Crippen LogP contribution is 2.32. The molecular formula is C29H25N3O4. The van der Waals surface area contributed by atoms with Crippen molar-refractivity contribution in [3.63, 3.8) is 0 Å². The fourth-order valence-electron chi connectivity index (χ4n) is 4.37. The fraction of sp³-hybridized carbons (Fsp3) is 0.138. The molecule has 5 rings (SSSR count). The number of aryl methyl sites for hydroxylation is 2. The minimum Gasteiger partial charge on any atom is -0.478 e. The second-order valence-electron chi connectivity index (χ2n) is 8.92. The number of aromatic carboxylic acids is 1. The van der Waals surface area contributed by atoms with Crippen LogP contribution in [0.25, 0.3) is 33.6 Å². The second kappa shape index (κ2) is 9.19. The Morgan fingerprint density at radius 3 is 2.47 bits per heavy atom. The number of para-hydroxylation sites is 1. The van der Waals surface area contributed by atoms with Crippen molar-refractivity contribution in [2.24, 2.45) is 7.05 Å². The van der Waals surface area contributed by atoms with E-state index in [2.05, 4.69) is 10.3 Å². The Labute approximate surface area is 207 Å². The number of carboxylic acids is 1. The number of rotatable bonds is 6. The molecule has 36 heavy (non-hydrogen) atoms. The number of imidazole rings is 1. The van der Waals surface area contributed by atoms with E-state index in [0.29, 0.717) is 22.4 Å². The van der Waals surface area contributed by atoms with E-state index in [4.69, 9.17) is 4.42 Å². The summed E-state index contributed by atoms with van der Waals surface area (Å²) in [5.74, 6) is -0.550. The Hall–Kier alpha value is -4.65. The zero-order valence-electron chi connectivity index (χ0n) is 20.1. The van der Waals surface area contributed by atoms with Gasteiger partial charge < -0.3 is 19.4 Å². The van der Waals surface area contributed by atoms with E-state index < -0.39 is 5.97 Å². The van der Waals surface area contributed by atoms with Gasteiger partial charge in [0.15, 0.2) is 5.43 Å². The van der Waals surface area contributed by atoms with E-state index >= 15 is 0 Å². The summed E-state index contributed by atoms with van der Waals surface area (Å²) in [6.07, 6.45) is 3.69. The van der Waals surface area contributed by atoms with Crippen LogP contribution in [0, 0.1) is 6.92 Å². The number of benzene rings is 3. The first-order valence-corrected chi connectivity index (χ1v) is 11.6. The third-order valence-electron chi connectivity index (χ3n) is 6.17. The van der Waals surface area contributed by atoms with Gasteiger partial charge in [-0.1, -0.05) is 42.5 Å². The monoisotopic (exact) mass is 479 g/mol. The van der Waals surface area contributed by atoms with Gasteiger partial charge in [0.05, 0.1) is 29.0 Å². The van der Waals surface area contributed by atoms with Crippen LogP contribution < -0.4 is 10.7 Å². The zero-order chi connectivity index (χ0) is 25.4. The van der Waals surface area contributed by atoms with Gasteiger partial charge >= 0.3 is 5.97 Å². The van der Waals surface area contributed by atoms with Crippen molar-refractivity contribution in [3.8, 4) is 22.6 Å². The van der Waals surface area contributed by atoms with Gasteiger partial charge in [-0.15, -0.1) is 0 Å². The van der Waals surface area contributed by atoms with Gasteiger partial charge in [-0.05, 0) is 37.6 Å². The van der Waals surface area contributed by atoms with Crippen LogP contribution in [0.1, 0.15) is 34.5 Å². The normalized spacial score (nSPS) is 12.0. The van der Waals surface area contributed by atoms with Crippen molar-refractivity contribution >= 4 is 22.6 Å². The lowest BCUT2D eigenvalue weighted by Gasteiger charge is -2.19. The van der Waals surface area contributed by atoms with Crippen LogP contribution >= 0.6 is 0 Å². The number of hydrogen-bond acceptors (Lipinski definition) is 5. The molecule has 0 fully saturated rings. The molecular weight excluding hydrogens is 454 g/mol. The highest BCUT2D eigenvalue weighted by atomic mass is 16.4. The van der Waals surface area contributed by atoms with Gasteiger partial charge in [-0.2, -0.15) is 0 Å². The van der Waals surface area contributed by atoms with Crippen LogP contribution in [-0.2, 0) is 7.05 Å². The Kier molecular flexibility index (Phi) is 5.90. The summed E-state index contributed by atoms with van der Waals surface area (Å²) >= 11 is 0. The minimum absolute atomic E-state index is 0.136. The molecule has 0 radical (unpaired) electrons. The highest BCUT2D eigenvalue weighted by molar-refractivity contribution is 5.94. The number of nitrogens with zero attached hydrogens (tertiary/aromatic N) is 2. The molecule has 0 spiro atoms. The molecule has 0 aliphatic rings. The molecule has 2 heterocycles. The largest absolute Gasteiger partial charge is 0.478 e. The summed E-state index contributed by atoms with van der Waals surface area (Å²) in [5.41, 5.74) is 5.31. The molecule has 180 valence electrons. The molecule has 7 heteroatoms. The van der Waals surface area contributed by atoms with Crippen molar-refractivity contribution in [3.05, 3.63) is 106 Å². The molecule has 0 bridgehead atoms. The first kappa shape index (κ1) is 23.1. The van der Waals surface area contributed by atoms with E-state index in [9.17, 15) is 14.7 Å². The number of anilines is 1. The lowest BCUT2D eigenvalue weighted by atomic mass is 10.00. The van der Waals surface area contributed by atoms with Crippen molar-refractivity contribution in [1.82, 2.24) is 9.55 Å². The number of hydrogen-bond donors (Lipinski definition) is 2. The van der Waals surface area contributed by atoms with Gasteiger partial charge in [-0.3, -0.25) is 4.79 Å². The average Bonchev–Trinajstić information content (AvgIpc) is 3.30. The molecule has 1 unspecified atom stereocenters. The minimum atomic E-state index is -1.01. The summed E-state index contributed by atoms with van der Waals surface area (Å²) in [7, 11) is 1.92. The maximum Gasteiger partial charge on any atom is 0.337 e. The summed E-state index contributed by atoms with van der Waals surface area (Å²) in [6, 6.07) is 19.4. The standard InChI is InChI=1S/C29H25N3O4/c1-17-12-22(18(2)31-24-7-5-4-6-21(24)29(34)35)28-23(13-17)26(33)14-27(36-28)20-10-8-19(9-11-20)25-15-32(3)16-30-25/h4-16,18,31H,1-3H3,(H,34,35). The zero-order valence-corrected chi connectivity index (χ0v) is 20.1. The van der Waals surface area contributed by atoms with Crippen LogP contribution in [-0.4, -0.2) is 20.6 Å². The predicted octanol–water partition coefficient (Wildman–Crippen LogP) is 6.04. The lowest BCUT2D eigenvalue weighted by molar-refractivity contribution is 0.0698. The second-order valence-corrected chi connectivity index (χ2v) is 8.92. The quantitative estimate of drug-likeness (QED) is 0.308. The molecule has 0 amide bonds. The molecule has 3 aromatic carbocycles. The first-order valence-electron chi connectivity index (χ1n) is 11.6. The first-order chi connectivity index (χ1) is 17.3. The predicted molar refractivity (Wildman–Crippen MR) is 140 cm³/mol. The van der Waals surface area contributed by atoms with Gasteiger partial charge in [0.25, 0.3) is 0 Å². The smallest absolute Gasteiger partial charge is 0.337 e. The van der Waals surface area contributed by atoms with E-state index in [1.54, 1.807) is 30.6 Å². The molecule has 0 aliphatic heterocycles. The third kappa shape index (κ3) is 4.38. The summed E-state index contributed by atoms with van der Waals surface area (Å²) in [4.78, 5) is 29.2. The van der Waals surface area contributed by atoms with E-state index in [-0.39, 0.29) is 17.0 Å². The Balaban J connectivity index is 1.56. The summed E-state index contributed by atoms with van der Waals surface area (Å²) < 4.78 is 8.21. The maximum absolute atomic E-state index is 13.1. The molecule has 0 saturated carbocycles. The van der Waals surface area contributed by atoms with Crippen molar-refractivity contribution < 1.29 is 14.3 Å². The topological polar surface area (TPSA) is 97.4 Å².